The molecule has 0 saturated carbocycles. The van der Waals surface area contributed by atoms with Crippen LogP contribution in [0.4, 0.5) is 5.82 Å². The van der Waals surface area contributed by atoms with Gasteiger partial charge in [-0.1, -0.05) is 12.1 Å². The molecule has 0 bridgehead atoms. The molecule has 0 spiro atoms. The zero-order chi connectivity index (χ0) is 15.5. The summed E-state index contributed by atoms with van der Waals surface area (Å²) in [4.78, 5) is 4.34. The molecular weight excluding hydrogens is 294 g/mol. The van der Waals surface area contributed by atoms with Gasteiger partial charge in [0.2, 0.25) is 0 Å². The van der Waals surface area contributed by atoms with E-state index >= 15 is 0 Å². The van der Waals surface area contributed by atoms with Crippen LogP contribution in [0.1, 0.15) is 5.56 Å². The third kappa shape index (κ3) is 2.52. The van der Waals surface area contributed by atoms with E-state index in [4.69, 9.17) is 10.5 Å². The number of hydrogen-bond acceptors (Lipinski definition) is 5. The molecular formula is C17H13N3OS. The van der Waals surface area contributed by atoms with Gasteiger partial charge in [0.05, 0.1) is 12.8 Å². The van der Waals surface area contributed by atoms with Crippen molar-refractivity contribution in [3.63, 3.8) is 0 Å². The van der Waals surface area contributed by atoms with Gasteiger partial charge in [0.25, 0.3) is 0 Å². The van der Waals surface area contributed by atoms with Crippen molar-refractivity contribution in [1.82, 2.24) is 4.98 Å². The quantitative estimate of drug-likeness (QED) is 0.795. The minimum absolute atomic E-state index is 0.247. The second-order valence-corrected chi connectivity index (χ2v) is 5.45. The molecule has 1 aromatic carbocycles. The lowest BCUT2D eigenvalue weighted by molar-refractivity contribution is 0.415. The highest BCUT2D eigenvalue weighted by molar-refractivity contribution is 7.08. The molecule has 2 aromatic heterocycles. The number of pyridine rings is 1. The molecule has 22 heavy (non-hydrogen) atoms. The Morgan fingerprint density at radius 1 is 1.18 bits per heavy atom. The molecule has 3 rings (SSSR count). The number of rotatable bonds is 3. The molecule has 0 unspecified atom stereocenters. The van der Waals surface area contributed by atoms with Crippen molar-refractivity contribution in [1.29, 1.82) is 5.26 Å². The average Bonchev–Trinajstić information content (AvgIpc) is 3.08. The Morgan fingerprint density at radius 2 is 1.95 bits per heavy atom. The fraction of sp³-hybridized carbons (Fsp3) is 0.0588. The lowest BCUT2D eigenvalue weighted by Crippen LogP contribution is -1.99. The van der Waals surface area contributed by atoms with E-state index in [2.05, 4.69) is 11.1 Å². The summed E-state index contributed by atoms with van der Waals surface area (Å²) in [5.41, 5.74) is 9.82. The molecule has 5 heteroatoms. The molecule has 0 fully saturated rings. The molecule has 0 aliphatic carbocycles. The van der Waals surface area contributed by atoms with Gasteiger partial charge < -0.3 is 10.5 Å². The van der Waals surface area contributed by atoms with Crippen molar-refractivity contribution >= 4 is 17.2 Å². The minimum Gasteiger partial charge on any atom is -0.497 e. The Labute approximate surface area is 132 Å². The van der Waals surface area contributed by atoms with Crippen LogP contribution >= 0.6 is 11.3 Å². The zero-order valence-corrected chi connectivity index (χ0v) is 12.7. The van der Waals surface area contributed by atoms with E-state index < -0.39 is 0 Å². The monoisotopic (exact) mass is 307 g/mol. The standard InChI is InChI=1S/C17H13N3OS/c1-21-13-4-2-11(3-5-13)14-8-16(12-6-7-22-10-12)20-17(19)15(14)9-18/h2-8,10H,1H3,(H2,19,20). The van der Waals surface area contributed by atoms with Crippen molar-refractivity contribution in [2.24, 2.45) is 0 Å². The van der Waals surface area contributed by atoms with Crippen LogP contribution in [0.15, 0.2) is 47.2 Å². The van der Waals surface area contributed by atoms with E-state index in [0.717, 1.165) is 28.1 Å². The highest BCUT2D eigenvalue weighted by atomic mass is 32.1. The number of hydrogen-bond donors (Lipinski definition) is 1. The summed E-state index contributed by atoms with van der Waals surface area (Å²) in [5, 5.41) is 13.4. The highest BCUT2D eigenvalue weighted by Gasteiger charge is 2.13. The number of aromatic nitrogens is 1. The Hall–Kier alpha value is -2.84. The average molecular weight is 307 g/mol. The van der Waals surface area contributed by atoms with E-state index in [1.807, 2.05) is 47.2 Å². The summed E-state index contributed by atoms with van der Waals surface area (Å²) in [7, 11) is 1.62. The normalized spacial score (nSPS) is 10.2. The molecule has 0 atom stereocenters. The Morgan fingerprint density at radius 3 is 2.55 bits per heavy atom. The van der Waals surface area contributed by atoms with Gasteiger partial charge in [0, 0.05) is 16.5 Å². The van der Waals surface area contributed by atoms with Gasteiger partial charge in [0.15, 0.2) is 0 Å². The topological polar surface area (TPSA) is 71.9 Å². The smallest absolute Gasteiger partial charge is 0.142 e. The molecule has 4 nitrogen and oxygen atoms in total. The first-order valence-corrected chi connectivity index (χ1v) is 7.55. The first kappa shape index (κ1) is 14.1. The van der Waals surface area contributed by atoms with Crippen LogP contribution in [0, 0.1) is 11.3 Å². The maximum Gasteiger partial charge on any atom is 0.142 e. The van der Waals surface area contributed by atoms with E-state index in [-0.39, 0.29) is 5.82 Å². The van der Waals surface area contributed by atoms with Crippen LogP contribution in [0.5, 0.6) is 5.75 Å². The van der Waals surface area contributed by atoms with Crippen molar-refractivity contribution < 1.29 is 4.74 Å². The number of methoxy groups -OCH3 is 1. The summed E-state index contributed by atoms with van der Waals surface area (Å²) >= 11 is 1.59. The van der Waals surface area contributed by atoms with Crippen molar-refractivity contribution in [3.8, 4) is 34.2 Å². The lowest BCUT2D eigenvalue weighted by atomic mass is 9.99. The first-order chi connectivity index (χ1) is 10.7. The predicted molar refractivity (Wildman–Crippen MR) is 88.7 cm³/mol. The van der Waals surface area contributed by atoms with E-state index in [1.165, 1.54) is 0 Å². The van der Waals surface area contributed by atoms with E-state index in [1.54, 1.807) is 18.4 Å². The van der Waals surface area contributed by atoms with Crippen molar-refractivity contribution in [3.05, 3.63) is 52.7 Å². The molecule has 0 amide bonds. The van der Waals surface area contributed by atoms with Crippen molar-refractivity contribution in [2.45, 2.75) is 0 Å². The number of nitrogens with two attached hydrogens (primary N) is 1. The van der Waals surface area contributed by atoms with Gasteiger partial charge in [-0.2, -0.15) is 16.6 Å². The van der Waals surface area contributed by atoms with Crippen LogP contribution in [0.25, 0.3) is 22.4 Å². The summed E-state index contributed by atoms with van der Waals surface area (Å²) < 4.78 is 5.17. The van der Waals surface area contributed by atoms with Crippen molar-refractivity contribution in [2.75, 3.05) is 12.8 Å². The molecule has 2 heterocycles. The number of benzene rings is 1. The maximum absolute atomic E-state index is 9.39. The first-order valence-electron chi connectivity index (χ1n) is 6.60. The van der Waals surface area contributed by atoms with E-state index in [0.29, 0.717) is 5.56 Å². The fourth-order valence-electron chi connectivity index (χ4n) is 2.24. The van der Waals surface area contributed by atoms with Crippen LogP contribution in [-0.4, -0.2) is 12.1 Å². The minimum atomic E-state index is 0.247. The number of nitrogen functional groups attached to an aromatic ring is 1. The maximum atomic E-state index is 9.39. The largest absolute Gasteiger partial charge is 0.497 e. The third-order valence-corrected chi connectivity index (χ3v) is 4.06. The van der Waals surface area contributed by atoms with Gasteiger partial charge in [-0.15, -0.1) is 0 Å². The second kappa shape index (κ2) is 5.88. The molecule has 0 radical (unpaired) electrons. The zero-order valence-electron chi connectivity index (χ0n) is 11.9. The summed E-state index contributed by atoms with van der Waals surface area (Å²) in [5.74, 6) is 1.01. The number of thiophene rings is 1. The number of nitrogens with zero attached hydrogens (tertiary/aromatic N) is 2. The Kier molecular flexibility index (Phi) is 3.77. The lowest BCUT2D eigenvalue weighted by Gasteiger charge is -2.10. The SMILES string of the molecule is COc1ccc(-c2cc(-c3ccsc3)nc(N)c2C#N)cc1. The third-order valence-electron chi connectivity index (χ3n) is 3.38. The van der Waals surface area contributed by atoms with Gasteiger partial charge in [-0.3, -0.25) is 0 Å². The molecule has 0 saturated heterocycles. The molecule has 0 aliphatic heterocycles. The van der Waals surface area contributed by atoms with Gasteiger partial charge in [0.1, 0.15) is 23.2 Å². The van der Waals surface area contributed by atoms with Crippen LogP contribution in [0.2, 0.25) is 0 Å². The predicted octanol–water partition coefficient (Wildman–Crippen LogP) is 3.94. The molecule has 108 valence electrons. The van der Waals surface area contributed by atoms with Crippen LogP contribution < -0.4 is 10.5 Å². The summed E-state index contributed by atoms with van der Waals surface area (Å²) in [6, 6.07) is 13.6. The van der Waals surface area contributed by atoms with E-state index in [9.17, 15) is 5.26 Å². The highest BCUT2D eigenvalue weighted by Crippen LogP contribution is 2.32. The van der Waals surface area contributed by atoms with Crippen LogP contribution in [0.3, 0.4) is 0 Å². The number of ether oxygens (including phenoxy) is 1. The molecule has 0 aliphatic rings. The summed E-state index contributed by atoms with van der Waals surface area (Å²) in [6.07, 6.45) is 0. The molecule has 3 aromatic rings. The second-order valence-electron chi connectivity index (χ2n) is 4.67. The fourth-order valence-corrected chi connectivity index (χ4v) is 2.89. The van der Waals surface area contributed by atoms with Crippen LogP contribution in [-0.2, 0) is 0 Å². The number of nitriles is 1. The number of anilines is 1. The Balaban J connectivity index is 2.18. The summed E-state index contributed by atoms with van der Waals surface area (Å²) in [6.45, 7) is 0. The van der Waals surface area contributed by atoms with Gasteiger partial charge in [-0.25, -0.2) is 4.98 Å². The molecule has 2 N–H and O–H groups in total. The van der Waals surface area contributed by atoms with Gasteiger partial charge in [-0.05, 0) is 35.2 Å². The van der Waals surface area contributed by atoms with Gasteiger partial charge >= 0.3 is 0 Å². The Bertz CT molecular complexity index is 834.